The van der Waals surface area contributed by atoms with E-state index in [1.165, 1.54) is 0 Å². The molecule has 24 bridgehead atoms. The number of phenols is 4. The largest absolute Gasteiger partial charge is 0.508 e. The number of hydrogen-bond donors (Lipinski definition) is 16. The molecular weight excluding hydrogens is 1750 g/mol. The molecule has 0 amide bonds. The third kappa shape index (κ3) is 18.5. The number of nitrogens with one attached hydrogen (secondary N) is 6. The number of aliphatic hydroxyl groups excluding tert-OH is 2. The summed E-state index contributed by atoms with van der Waals surface area (Å²) >= 11 is 0. The van der Waals surface area contributed by atoms with Gasteiger partial charge in [0, 0.05) is 136 Å². The highest BCUT2D eigenvalue weighted by Gasteiger charge is 2.32. The predicted molar refractivity (Wildman–Crippen MR) is 544 cm³/mol. The van der Waals surface area contributed by atoms with Gasteiger partial charge in [-0.3, -0.25) is 24.2 Å². The zero-order chi connectivity index (χ0) is 98.1. The maximum absolute atomic E-state index is 12.2. The number of hydrogen-bond acceptors (Lipinski definition) is 17. The van der Waals surface area contributed by atoms with Crippen LogP contribution in [-0.4, -0.2) is 147 Å². The van der Waals surface area contributed by atoms with Crippen LogP contribution >= 0.6 is 0 Å². The normalized spacial score (nSPS) is 14.0. The van der Waals surface area contributed by atoms with E-state index in [0.717, 1.165) is 156 Å². The lowest BCUT2D eigenvalue weighted by atomic mass is 9.99. The Morgan fingerprint density at radius 2 is 0.633 bits per heavy atom. The second-order valence-corrected chi connectivity index (χ2v) is 36.4. The van der Waals surface area contributed by atoms with E-state index in [9.17, 15) is 70.2 Å². The van der Waals surface area contributed by atoms with Crippen LogP contribution in [0.4, 0.5) is 0 Å². The molecule has 139 heavy (non-hydrogen) atoms. The molecule has 19 rings (SSSR count). The van der Waals surface area contributed by atoms with Gasteiger partial charge in [0.15, 0.2) is 0 Å². The number of carbonyl (C=O) groups is 4. The molecule has 13 aromatic rings. The monoisotopic (exact) mass is 1860 g/mol. The number of carboxylic acid groups (broad SMARTS) is 4. The number of H-pyrrole nitrogens is 6. The zero-order valence-corrected chi connectivity index (χ0v) is 78.9. The van der Waals surface area contributed by atoms with Crippen molar-refractivity contribution in [2.45, 2.75) is 172 Å². The van der Waals surface area contributed by atoms with Crippen molar-refractivity contribution in [3.8, 4) is 67.5 Å². The Labute approximate surface area is 799 Å². The number of aromatic hydroxyl groups is 4. The zero-order valence-electron chi connectivity index (χ0n) is 78.9. The fourth-order valence-electron chi connectivity index (χ4n) is 20.4. The minimum atomic E-state index is -0.958. The van der Waals surface area contributed by atoms with Crippen LogP contribution in [0.25, 0.3) is 167 Å². The number of allylic oxidation sites excluding steroid dienone is 6. The van der Waals surface area contributed by atoms with Crippen LogP contribution in [-0.2, 0) is 49.6 Å². The average Bonchev–Trinajstić information content (AvgIpc) is 1.62. The van der Waals surface area contributed by atoms with Crippen molar-refractivity contribution < 1.29 is 75.0 Å². The van der Waals surface area contributed by atoms with Gasteiger partial charge in [-0.15, -0.1) is 0 Å². The van der Waals surface area contributed by atoms with E-state index in [2.05, 4.69) is 29.9 Å². The molecule has 0 spiro atoms. The minimum Gasteiger partial charge on any atom is -0.508 e. The topological polar surface area (TPSA) is 452 Å². The van der Waals surface area contributed by atoms with Crippen LogP contribution in [0.15, 0.2) is 170 Å². The molecule has 0 fully saturated rings. The van der Waals surface area contributed by atoms with Crippen LogP contribution < -0.4 is 0 Å². The van der Waals surface area contributed by atoms with Crippen LogP contribution in [0.5, 0.6) is 23.0 Å². The van der Waals surface area contributed by atoms with E-state index in [0.29, 0.717) is 125 Å². The van der Waals surface area contributed by atoms with E-state index in [4.69, 9.17) is 34.6 Å². The van der Waals surface area contributed by atoms with Crippen molar-refractivity contribution in [3.63, 3.8) is 0 Å². The molecule has 15 heterocycles. The number of aromatic nitrogens is 12. The van der Waals surface area contributed by atoms with Gasteiger partial charge < -0.3 is 85.7 Å². The second-order valence-electron chi connectivity index (χ2n) is 36.4. The first-order valence-corrected chi connectivity index (χ1v) is 46.4. The predicted octanol–water partition coefficient (Wildman–Crippen LogP) is 23.0. The summed E-state index contributed by atoms with van der Waals surface area (Å²) in [5.41, 5.74) is 35.2. The molecule has 704 valence electrons. The number of ether oxygens (including phenoxy) is 1. The van der Waals surface area contributed by atoms with E-state index >= 15 is 0 Å². The summed E-state index contributed by atoms with van der Waals surface area (Å²) in [4.78, 5) is 101. The Balaban J connectivity index is 0.000000208. The van der Waals surface area contributed by atoms with Crippen molar-refractivity contribution in [3.05, 3.63) is 283 Å². The van der Waals surface area contributed by atoms with E-state index in [1.54, 1.807) is 62.4 Å². The lowest BCUT2D eigenvalue weighted by Gasteiger charge is -2.22. The Morgan fingerprint density at radius 3 is 1.03 bits per heavy atom. The molecule has 6 aliphatic rings. The van der Waals surface area contributed by atoms with Crippen molar-refractivity contribution in [2.24, 2.45) is 0 Å². The summed E-state index contributed by atoms with van der Waals surface area (Å²) in [5.74, 6) is -3.24. The maximum atomic E-state index is 12.2. The minimum absolute atomic E-state index is 0.121. The first-order valence-electron chi connectivity index (χ1n) is 46.4. The number of rotatable bonds is 22. The molecule has 27 nitrogen and oxygen atoms in total. The fraction of sp³-hybridized carbons (Fsp3) is 0.232. The molecule has 9 aromatic heterocycles. The number of fused-ring (bicyclic) bond motifs is 24. The van der Waals surface area contributed by atoms with E-state index in [1.807, 2.05) is 203 Å². The molecular formula is C112H106N12O15. The molecule has 4 atom stereocenters. The second kappa shape index (κ2) is 37.9. The molecule has 0 radical (unpaired) electrons. The number of aromatic amines is 6. The van der Waals surface area contributed by atoms with Gasteiger partial charge in [0.25, 0.3) is 0 Å². The van der Waals surface area contributed by atoms with Gasteiger partial charge >= 0.3 is 23.9 Å². The van der Waals surface area contributed by atoms with Crippen LogP contribution in [0.1, 0.15) is 219 Å². The highest BCUT2D eigenvalue weighted by Crippen LogP contribution is 2.47. The molecule has 27 heteroatoms. The van der Waals surface area contributed by atoms with Crippen molar-refractivity contribution in [1.82, 2.24) is 59.8 Å². The van der Waals surface area contributed by atoms with Gasteiger partial charge in [-0.1, -0.05) is 48.5 Å². The maximum Gasteiger partial charge on any atom is 0.303 e. The lowest BCUT2D eigenvalue weighted by molar-refractivity contribution is -0.138. The van der Waals surface area contributed by atoms with Crippen molar-refractivity contribution >= 4 is 147 Å². The number of aryl methyl sites for hydroxylation is 8. The molecule has 6 aliphatic heterocycles. The Morgan fingerprint density at radius 1 is 0.317 bits per heavy atom. The highest BCUT2D eigenvalue weighted by molar-refractivity contribution is 6.02. The van der Waals surface area contributed by atoms with Gasteiger partial charge in [0.2, 0.25) is 0 Å². The number of nitrogens with zero attached hydrogens (tertiary/aromatic N) is 6. The number of phenolic OH excluding ortho intramolecular Hbond substituents is 4. The molecule has 16 N–H and O–H groups in total. The van der Waals surface area contributed by atoms with Gasteiger partial charge in [-0.25, -0.2) is 24.9 Å². The summed E-state index contributed by atoms with van der Waals surface area (Å²) < 4.78 is 7.26. The molecule has 4 aromatic carbocycles. The Bertz CT molecular complexity index is 7910. The Hall–Kier alpha value is -16.1. The van der Waals surface area contributed by atoms with Crippen LogP contribution in [0.2, 0.25) is 0 Å². The van der Waals surface area contributed by atoms with Gasteiger partial charge in [-0.2, -0.15) is 0 Å². The standard InChI is InChI=1S/C68H74N8O11.C44H32N4O4/c1-29-41(13-17-61(79)80)53-28-56-44(16-20-64(85)86)32(4)48(72-56)24-59-68(36(8)52(76-59)25-58-65(37(9)77)33(5)49(73-58)21-45(29)69-53)40(12)87-39(11)67-35(7)50-22-46-30(2)42(14-18-62(81)82)54(70-46)27-55-43(15-19-63(83)84)31(3)47(71-55)23-57-66(38(10)78)34(6)51(74-57)26-60(67)75-50;49-29-9-1-5-25(21-29)41-33-13-15-35(45-33)42(26-6-2-10-30(50)22-26)37-17-19-39(47-37)44(28-8-4-12-32(52)24-28)40-20-18-38(48-40)43(36-16-14-34(41)46-36)27-7-3-11-31(51)23-27/h21-28,37-40,71-73,75,77-78H,13-20H2,1-12H3,(H,79,80)(H,81,82)(H,83,84)(H,85,86);1-17,19,21-24,46-47,49-52H,18,20H2. The first kappa shape index (κ1) is 93.3. The van der Waals surface area contributed by atoms with Crippen LogP contribution in [0, 0.1) is 27.7 Å². The van der Waals surface area contributed by atoms with Gasteiger partial charge in [0.1, 0.15) is 23.0 Å². The fourth-order valence-corrected chi connectivity index (χ4v) is 20.4. The third-order valence-corrected chi connectivity index (χ3v) is 27.3. The molecule has 0 aliphatic carbocycles. The lowest BCUT2D eigenvalue weighted by Crippen LogP contribution is -2.14. The Kier molecular flexibility index (Phi) is 25.4. The van der Waals surface area contributed by atoms with E-state index in [-0.39, 0.29) is 74.4 Å². The van der Waals surface area contributed by atoms with Crippen molar-refractivity contribution in [1.29, 1.82) is 0 Å². The van der Waals surface area contributed by atoms with Crippen LogP contribution in [0.3, 0.4) is 0 Å². The summed E-state index contributed by atoms with van der Waals surface area (Å²) in [6.07, 6.45) is 2.49. The number of aliphatic carboxylic acids is 4. The highest BCUT2D eigenvalue weighted by atomic mass is 16.5. The molecule has 4 unspecified atom stereocenters. The van der Waals surface area contributed by atoms with Gasteiger partial charge in [0.05, 0.1) is 92.7 Å². The average molecular weight is 1860 g/mol. The summed E-state index contributed by atoms with van der Waals surface area (Å²) in [6, 6.07) is 52.0. The SMILES string of the molecule is CC1=C(CCC(=O)O)c2cc3[nH]c(cc4nc(cc5[nH]c(cc1n2)c(C)c5C(C)OC(C)C1=C(C)c2cc5[nH]c(cc6nc(cc7[nH]c(cc1n2)c(C)c7CCC(=O)O)C(CCC(=O)O)=C6C)c(C)c5C(C)O)C(C)=C4C(C)O)c(C)c3CCC(=O)O.Oc1cccc(-c2c3nc(c(-c4cccc(O)c4)c4ccc([nH]4)c(-c4cccc(O)c4)c4nc(c(-c5cccc(O)c5)c5ccc2[nH]5)CC4)C=C3)c1. The van der Waals surface area contributed by atoms with E-state index < -0.39 is 48.3 Å². The first-order chi connectivity index (χ1) is 66.6. The number of carboxylic acids is 4. The van der Waals surface area contributed by atoms with Gasteiger partial charge in [-0.05, 0) is 344 Å². The third-order valence-electron chi connectivity index (χ3n) is 27.3. The number of benzene rings is 4. The summed E-state index contributed by atoms with van der Waals surface area (Å²) in [5, 5.41) is 105. The summed E-state index contributed by atoms with van der Waals surface area (Å²) in [7, 11) is 0. The summed E-state index contributed by atoms with van der Waals surface area (Å²) in [6.45, 7) is 22.9. The smallest absolute Gasteiger partial charge is 0.303 e. The van der Waals surface area contributed by atoms with Crippen molar-refractivity contribution in [2.75, 3.05) is 0 Å². The quantitative estimate of drug-likeness (QED) is 0.0300. The molecule has 0 saturated carbocycles. The molecule has 0 saturated heterocycles. The number of aliphatic hydroxyl groups is 2.